The Bertz CT molecular complexity index is 479. The number of ether oxygens (including phenoxy) is 1. The maximum Gasteiger partial charge on any atom is 0.338 e. The first kappa shape index (κ1) is 15.1. The molecule has 1 aromatic rings. The highest BCUT2D eigenvalue weighted by Crippen LogP contribution is 2.21. The van der Waals surface area contributed by atoms with E-state index in [4.69, 9.17) is 4.74 Å². The van der Waals surface area contributed by atoms with Gasteiger partial charge < -0.3 is 4.74 Å². The van der Waals surface area contributed by atoms with Crippen LogP contribution in [0.15, 0.2) is 29.3 Å². The molecule has 1 rings (SSSR count). The lowest BCUT2D eigenvalue weighted by Crippen LogP contribution is -2.23. The second-order valence-electron chi connectivity index (χ2n) is 5.27. The van der Waals surface area contributed by atoms with Gasteiger partial charge in [0.2, 0.25) is 6.08 Å². The van der Waals surface area contributed by atoms with Gasteiger partial charge in [-0.1, -0.05) is 19.1 Å². The molecule has 0 aliphatic rings. The monoisotopic (exact) mass is 261 g/mol. The lowest BCUT2D eigenvalue weighted by molar-refractivity contribution is 0.00695. The lowest BCUT2D eigenvalue weighted by atomic mass is 10.0. The van der Waals surface area contributed by atoms with Gasteiger partial charge >= 0.3 is 5.97 Å². The molecule has 0 bridgehead atoms. The number of nitrogens with zero attached hydrogens (tertiary/aromatic N) is 1. The minimum atomic E-state index is -0.510. The maximum atomic E-state index is 11.8. The highest BCUT2D eigenvalue weighted by molar-refractivity contribution is 5.89. The van der Waals surface area contributed by atoms with E-state index in [0.29, 0.717) is 12.0 Å². The van der Waals surface area contributed by atoms with E-state index in [1.807, 2.05) is 27.7 Å². The average molecular weight is 261 g/mol. The van der Waals surface area contributed by atoms with Crippen molar-refractivity contribution < 1.29 is 14.3 Å². The van der Waals surface area contributed by atoms with E-state index >= 15 is 0 Å². The highest BCUT2D eigenvalue weighted by atomic mass is 16.6. The van der Waals surface area contributed by atoms with Gasteiger partial charge in [-0.25, -0.2) is 9.59 Å². The Hall–Kier alpha value is -1.93. The average Bonchev–Trinajstić information content (AvgIpc) is 2.34. The van der Waals surface area contributed by atoms with Crippen molar-refractivity contribution in [2.45, 2.75) is 45.8 Å². The molecular weight excluding hydrogens is 242 g/mol. The Morgan fingerprint density at radius 2 is 1.89 bits per heavy atom. The van der Waals surface area contributed by atoms with Crippen molar-refractivity contribution in [2.75, 3.05) is 0 Å². The van der Waals surface area contributed by atoms with Gasteiger partial charge in [0.25, 0.3) is 0 Å². The largest absolute Gasteiger partial charge is 0.456 e. The zero-order valence-electron chi connectivity index (χ0n) is 11.8. The number of carbonyl (C=O) groups excluding carboxylic acids is 2. The number of carbonyl (C=O) groups is 1. The van der Waals surface area contributed by atoms with Crippen molar-refractivity contribution in [3.05, 3.63) is 35.4 Å². The summed E-state index contributed by atoms with van der Waals surface area (Å²) in [5, 5.41) is 0. The minimum absolute atomic E-state index is 0.204. The Kier molecular flexibility index (Phi) is 5.02. The summed E-state index contributed by atoms with van der Waals surface area (Å²) in [6, 6.07) is 6.74. The molecule has 4 nitrogen and oxygen atoms in total. The van der Waals surface area contributed by atoms with E-state index in [9.17, 15) is 9.59 Å². The third kappa shape index (κ3) is 4.68. The predicted octanol–water partition coefficient (Wildman–Crippen LogP) is 3.43. The first-order chi connectivity index (χ1) is 8.87. The lowest BCUT2D eigenvalue weighted by Gasteiger charge is -2.19. The molecule has 1 aromatic carbocycles. The standard InChI is InChI=1S/C15H19NO3/c1-5-13(16-10-17)11-6-8-12(9-7-11)14(18)19-15(2,3)4/h6-9,13H,5H2,1-4H3/t13-/m1/s1. The third-order valence-electron chi connectivity index (χ3n) is 2.53. The van der Waals surface area contributed by atoms with Gasteiger partial charge in [-0.15, -0.1) is 0 Å². The summed E-state index contributed by atoms with van der Waals surface area (Å²) in [6.07, 6.45) is 2.28. The third-order valence-corrected chi connectivity index (χ3v) is 2.53. The van der Waals surface area contributed by atoms with Crippen molar-refractivity contribution in [3.63, 3.8) is 0 Å². The second kappa shape index (κ2) is 6.30. The minimum Gasteiger partial charge on any atom is -0.456 e. The zero-order valence-corrected chi connectivity index (χ0v) is 11.8. The van der Waals surface area contributed by atoms with Gasteiger partial charge in [-0.05, 0) is 44.9 Å². The van der Waals surface area contributed by atoms with E-state index in [-0.39, 0.29) is 12.0 Å². The van der Waals surface area contributed by atoms with Crippen LogP contribution in [0.25, 0.3) is 0 Å². The molecule has 19 heavy (non-hydrogen) atoms. The van der Waals surface area contributed by atoms with E-state index in [2.05, 4.69) is 4.99 Å². The molecule has 102 valence electrons. The van der Waals surface area contributed by atoms with Gasteiger partial charge in [0.1, 0.15) is 5.60 Å². The topological polar surface area (TPSA) is 55.7 Å². The summed E-state index contributed by atoms with van der Waals surface area (Å²) in [5.41, 5.74) is 0.866. The summed E-state index contributed by atoms with van der Waals surface area (Å²) in [5.74, 6) is -0.356. The van der Waals surface area contributed by atoms with Gasteiger partial charge in [-0.3, -0.25) is 0 Å². The molecule has 0 saturated carbocycles. The smallest absolute Gasteiger partial charge is 0.338 e. The van der Waals surface area contributed by atoms with Crippen LogP contribution in [-0.2, 0) is 9.53 Å². The predicted molar refractivity (Wildman–Crippen MR) is 72.8 cm³/mol. The normalized spacial score (nSPS) is 12.4. The van der Waals surface area contributed by atoms with Crippen molar-refractivity contribution in [1.29, 1.82) is 0 Å². The second-order valence-corrected chi connectivity index (χ2v) is 5.27. The molecule has 0 aliphatic carbocycles. The molecule has 0 aromatic heterocycles. The number of esters is 1. The first-order valence-corrected chi connectivity index (χ1v) is 6.27. The Morgan fingerprint density at radius 1 is 1.32 bits per heavy atom. The van der Waals surface area contributed by atoms with Crippen molar-refractivity contribution in [3.8, 4) is 0 Å². The first-order valence-electron chi connectivity index (χ1n) is 6.27. The Labute approximate surface area is 113 Å². The van der Waals surface area contributed by atoms with Crippen LogP contribution in [0.4, 0.5) is 0 Å². The quantitative estimate of drug-likeness (QED) is 0.474. The van der Waals surface area contributed by atoms with Crippen LogP contribution < -0.4 is 0 Å². The van der Waals surface area contributed by atoms with Gasteiger partial charge in [0, 0.05) is 0 Å². The van der Waals surface area contributed by atoms with Crippen molar-refractivity contribution in [2.24, 2.45) is 4.99 Å². The SMILES string of the molecule is CC[C@@H](N=C=O)c1ccc(C(=O)OC(C)(C)C)cc1. The highest BCUT2D eigenvalue weighted by Gasteiger charge is 2.18. The molecule has 0 saturated heterocycles. The maximum absolute atomic E-state index is 11.8. The molecule has 1 atom stereocenters. The van der Waals surface area contributed by atoms with Crippen LogP contribution in [0.3, 0.4) is 0 Å². The molecule has 0 radical (unpaired) electrons. The summed E-state index contributed by atoms with van der Waals surface area (Å²) in [4.78, 5) is 25.9. The molecule has 4 heteroatoms. The fourth-order valence-corrected chi connectivity index (χ4v) is 1.64. The van der Waals surface area contributed by atoms with Crippen LogP contribution in [0.1, 0.15) is 56.1 Å². The van der Waals surface area contributed by atoms with Gasteiger partial charge in [0.15, 0.2) is 0 Å². The Morgan fingerprint density at radius 3 is 2.32 bits per heavy atom. The Balaban J connectivity index is 2.87. The van der Waals surface area contributed by atoms with Crippen LogP contribution in [-0.4, -0.2) is 17.7 Å². The molecule has 0 spiro atoms. The molecule has 0 amide bonds. The van der Waals surface area contributed by atoms with Gasteiger partial charge in [0.05, 0.1) is 11.6 Å². The van der Waals surface area contributed by atoms with Crippen molar-refractivity contribution in [1.82, 2.24) is 0 Å². The van der Waals surface area contributed by atoms with E-state index < -0.39 is 5.60 Å². The molecule has 0 aliphatic heterocycles. The molecular formula is C15H19NO3. The number of aliphatic imine (C=N–C) groups is 1. The summed E-state index contributed by atoms with van der Waals surface area (Å²) in [6.45, 7) is 7.41. The fraction of sp³-hybridized carbons (Fsp3) is 0.467. The molecule has 0 heterocycles. The number of hydrogen-bond donors (Lipinski definition) is 0. The van der Waals surface area contributed by atoms with E-state index in [0.717, 1.165) is 5.56 Å². The summed E-state index contributed by atoms with van der Waals surface area (Å²) >= 11 is 0. The van der Waals surface area contributed by atoms with Crippen LogP contribution in [0, 0.1) is 0 Å². The van der Waals surface area contributed by atoms with Crippen LogP contribution in [0.2, 0.25) is 0 Å². The molecule has 0 fully saturated rings. The van der Waals surface area contributed by atoms with Gasteiger partial charge in [-0.2, -0.15) is 4.99 Å². The van der Waals surface area contributed by atoms with Crippen molar-refractivity contribution >= 4 is 12.0 Å². The van der Waals surface area contributed by atoms with E-state index in [1.165, 1.54) is 0 Å². The number of hydrogen-bond acceptors (Lipinski definition) is 4. The fourth-order valence-electron chi connectivity index (χ4n) is 1.64. The zero-order chi connectivity index (χ0) is 14.5. The molecule has 0 unspecified atom stereocenters. The number of rotatable bonds is 4. The van der Waals surface area contributed by atoms with E-state index in [1.54, 1.807) is 30.3 Å². The summed E-state index contributed by atoms with van der Waals surface area (Å²) in [7, 11) is 0. The number of benzene rings is 1. The summed E-state index contributed by atoms with van der Waals surface area (Å²) < 4.78 is 5.27. The molecule has 0 N–H and O–H groups in total. The van der Waals surface area contributed by atoms with Crippen LogP contribution in [0.5, 0.6) is 0 Å². The number of isocyanates is 1. The van der Waals surface area contributed by atoms with Crippen LogP contribution >= 0.6 is 0 Å².